The maximum absolute atomic E-state index is 12.3. The lowest BCUT2D eigenvalue weighted by atomic mass is 10.2. The molecule has 8 heteroatoms. The van der Waals surface area contributed by atoms with Gasteiger partial charge in [0.25, 0.3) is 0 Å². The van der Waals surface area contributed by atoms with E-state index >= 15 is 0 Å². The Morgan fingerprint density at radius 2 is 2.42 bits per heavy atom. The minimum atomic E-state index is -3.54. The first kappa shape index (κ1) is 14.4. The van der Waals surface area contributed by atoms with E-state index in [4.69, 9.17) is 9.84 Å². The Labute approximate surface area is 112 Å². The summed E-state index contributed by atoms with van der Waals surface area (Å²) >= 11 is 0. The number of sulfonamides is 1. The number of aliphatic hydroxyl groups is 1. The summed E-state index contributed by atoms with van der Waals surface area (Å²) in [5, 5.41) is 12.7. The molecule has 0 aliphatic carbocycles. The Morgan fingerprint density at radius 1 is 1.63 bits per heavy atom. The van der Waals surface area contributed by atoms with Crippen LogP contribution in [0.25, 0.3) is 0 Å². The molecule has 0 amide bonds. The predicted molar refractivity (Wildman–Crippen MR) is 68.1 cm³/mol. The summed E-state index contributed by atoms with van der Waals surface area (Å²) in [5.41, 5.74) is 0. The zero-order valence-electron chi connectivity index (χ0n) is 10.9. The summed E-state index contributed by atoms with van der Waals surface area (Å²) in [4.78, 5) is 0.140. The zero-order chi connectivity index (χ0) is 13.9. The van der Waals surface area contributed by atoms with Gasteiger partial charge in [0.1, 0.15) is 4.90 Å². The van der Waals surface area contributed by atoms with Crippen molar-refractivity contribution in [2.24, 2.45) is 0 Å². The van der Waals surface area contributed by atoms with Crippen LogP contribution >= 0.6 is 0 Å². The number of ether oxygens (including phenoxy) is 1. The van der Waals surface area contributed by atoms with E-state index in [9.17, 15) is 8.42 Å². The van der Waals surface area contributed by atoms with Gasteiger partial charge in [-0.2, -0.15) is 9.40 Å². The normalized spacial score (nSPS) is 20.3. The molecule has 108 valence electrons. The van der Waals surface area contributed by atoms with Crippen molar-refractivity contribution in [3.63, 3.8) is 0 Å². The molecule has 1 unspecified atom stereocenters. The third-order valence-electron chi connectivity index (χ3n) is 3.13. The van der Waals surface area contributed by atoms with E-state index in [1.165, 1.54) is 21.4 Å². The van der Waals surface area contributed by atoms with Crippen LogP contribution in [-0.4, -0.2) is 60.5 Å². The van der Waals surface area contributed by atoms with Crippen molar-refractivity contribution in [2.45, 2.75) is 30.4 Å². The molecule has 1 aromatic heterocycles. The van der Waals surface area contributed by atoms with Crippen LogP contribution in [0.4, 0.5) is 0 Å². The average Bonchev–Trinajstić information content (AvgIpc) is 3.00. The molecule has 0 radical (unpaired) electrons. The predicted octanol–water partition coefficient (Wildman–Crippen LogP) is -0.325. The van der Waals surface area contributed by atoms with Gasteiger partial charge in [-0.25, -0.2) is 8.42 Å². The van der Waals surface area contributed by atoms with Crippen molar-refractivity contribution in [3.8, 4) is 0 Å². The smallest absolute Gasteiger partial charge is 0.246 e. The van der Waals surface area contributed by atoms with Gasteiger partial charge in [-0.15, -0.1) is 0 Å². The van der Waals surface area contributed by atoms with E-state index in [-0.39, 0.29) is 24.2 Å². The fraction of sp³-hybridized carbons (Fsp3) is 0.727. The second-order valence-electron chi connectivity index (χ2n) is 4.58. The van der Waals surface area contributed by atoms with Gasteiger partial charge >= 0.3 is 0 Å². The highest BCUT2D eigenvalue weighted by Crippen LogP contribution is 2.18. The Hall–Kier alpha value is -0.960. The largest absolute Gasteiger partial charge is 0.394 e. The van der Waals surface area contributed by atoms with Gasteiger partial charge in [0, 0.05) is 26.4 Å². The van der Waals surface area contributed by atoms with E-state index in [1.807, 2.05) is 0 Å². The van der Waals surface area contributed by atoms with E-state index in [2.05, 4.69) is 5.10 Å². The molecule has 19 heavy (non-hydrogen) atoms. The summed E-state index contributed by atoms with van der Waals surface area (Å²) in [6.07, 6.45) is 4.58. The average molecular weight is 289 g/mol. The van der Waals surface area contributed by atoms with E-state index in [1.54, 1.807) is 7.05 Å². The van der Waals surface area contributed by atoms with Crippen molar-refractivity contribution >= 4 is 10.0 Å². The summed E-state index contributed by atoms with van der Waals surface area (Å²) in [7, 11) is -1.99. The first-order valence-electron chi connectivity index (χ1n) is 6.25. The molecule has 0 aromatic carbocycles. The maximum Gasteiger partial charge on any atom is 0.246 e. The lowest BCUT2D eigenvalue weighted by molar-refractivity contribution is 0.0979. The summed E-state index contributed by atoms with van der Waals surface area (Å²) in [6, 6.07) is 0. The third-order valence-corrected chi connectivity index (χ3v) is 4.91. The highest BCUT2D eigenvalue weighted by molar-refractivity contribution is 7.89. The second kappa shape index (κ2) is 6.00. The lowest BCUT2D eigenvalue weighted by Gasteiger charge is -2.19. The van der Waals surface area contributed by atoms with Gasteiger partial charge in [0.15, 0.2) is 0 Å². The summed E-state index contributed by atoms with van der Waals surface area (Å²) in [6.45, 7) is 1.26. The van der Waals surface area contributed by atoms with Crippen molar-refractivity contribution in [1.29, 1.82) is 0 Å². The number of hydrogen-bond donors (Lipinski definition) is 1. The monoisotopic (exact) mass is 289 g/mol. The molecule has 1 N–H and O–H groups in total. The standard InChI is InChI=1S/C11H19N3O4S/c1-13(8-10-3-2-6-18-10)19(16,17)11-7-12-14(9-11)4-5-15/h7,9-10,15H,2-6,8H2,1H3. The van der Waals surface area contributed by atoms with Crippen molar-refractivity contribution < 1.29 is 18.3 Å². The van der Waals surface area contributed by atoms with Gasteiger partial charge in [-0.05, 0) is 12.8 Å². The molecule has 1 aliphatic rings. The van der Waals surface area contributed by atoms with Gasteiger partial charge < -0.3 is 9.84 Å². The van der Waals surface area contributed by atoms with Crippen molar-refractivity contribution in [2.75, 3.05) is 26.8 Å². The second-order valence-corrected chi connectivity index (χ2v) is 6.63. The van der Waals surface area contributed by atoms with Crippen LogP contribution in [0.15, 0.2) is 17.3 Å². The molecule has 1 saturated heterocycles. The van der Waals surface area contributed by atoms with Gasteiger partial charge in [0.2, 0.25) is 10.0 Å². The molecule has 0 bridgehead atoms. The number of rotatable bonds is 6. The van der Waals surface area contributed by atoms with Crippen molar-refractivity contribution in [1.82, 2.24) is 14.1 Å². The lowest BCUT2D eigenvalue weighted by Crippen LogP contribution is -2.33. The molecule has 1 aliphatic heterocycles. The number of likely N-dealkylation sites (N-methyl/N-ethyl adjacent to an activating group) is 1. The number of nitrogens with zero attached hydrogens (tertiary/aromatic N) is 3. The van der Waals surface area contributed by atoms with Crippen LogP contribution in [0.2, 0.25) is 0 Å². The first-order valence-corrected chi connectivity index (χ1v) is 7.69. The molecule has 2 heterocycles. The zero-order valence-corrected chi connectivity index (χ0v) is 11.7. The van der Waals surface area contributed by atoms with E-state index in [0.29, 0.717) is 13.2 Å². The Kier molecular flexibility index (Phi) is 4.56. The van der Waals surface area contributed by atoms with Crippen LogP contribution in [0.1, 0.15) is 12.8 Å². The molecule has 7 nitrogen and oxygen atoms in total. The van der Waals surface area contributed by atoms with Crippen LogP contribution in [0.5, 0.6) is 0 Å². The number of hydrogen-bond acceptors (Lipinski definition) is 5. The summed E-state index contributed by atoms with van der Waals surface area (Å²) < 4.78 is 32.7. The van der Waals surface area contributed by atoms with E-state index in [0.717, 1.165) is 12.8 Å². The Morgan fingerprint density at radius 3 is 3.05 bits per heavy atom. The number of aliphatic hydroxyl groups excluding tert-OH is 1. The SMILES string of the molecule is CN(CC1CCCO1)S(=O)(=O)c1cnn(CCO)c1. The molecular formula is C11H19N3O4S. The van der Waals surface area contributed by atoms with Crippen molar-refractivity contribution in [3.05, 3.63) is 12.4 Å². The molecule has 2 rings (SSSR count). The van der Waals surface area contributed by atoms with E-state index < -0.39 is 10.0 Å². The van der Waals surface area contributed by atoms with Crippen LogP contribution < -0.4 is 0 Å². The Bertz CT molecular complexity index is 508. The minimum Gasteiger partial charge on any atom is -0.394 e. The van der Waals surface area contributed by atoms with Crippen LogP contribution in [-0.2, 0) is 21.3 Å². The fourth-order valence-corrected chi connectivity index (χ4v) is 3.21. The molecule has 1 atom stereocenters. The van der Waals surface area contributed by atoms with Crippen LogP contribution in [0, 0.1) is 0 Å². The topological polar surface area (TPSA) is 84.7 Å². The molecule has 1 aromatic rings. The molecular weight excluding hydrogens is 270 g/mol. The highest BCUT2D eigenvalue weighted by atomic mass is 32.2. The molecule has 0 spiro atoms. The van der Waals surface area contributed by atoms with Gasteiger partial charge in [-0.1, -0.05) is 0 Å². The van der Waals surface area contributed by atoms with Gasteiger partial charge in [-0.3, -0.25) is 4.68 Å². The first-order chi connectivity index (χ1) is 9.04. The molecule has 0 saturated carbocycles. The number of aromatic nitrogens is 2. The quantitative estimate of drug-likeness (QED) is 0.775. The third kappa shape index (κ3) is 3.33. The van der Waals surface area contributed by atoms with Crippen LogP contribution in [0.3, 0.4) is 0 Å². The highest BCUT2D eigenvalue weighted by Gasteiger charge is 2.27. The molecule has 1 fully saturated rings. The minimum absolute atomic E-state index is 0.0211. The fourth-order valence-electron chi connectivity index (χ4n) is 2.06. The van der Waals surface area contributed by atoms with Gasteiger partial charge in [0.05, 0.1) is 25.5 Å². The maximum atomic E-state index is 12.3. The Balaban J connectivity index is 2.06. The summed E-state index contributed by atoms with van der Waals surface area (Å²) in [5.74, 6) is 0.